The van der Waals surface area contributed by atoms with Gasteiger partial charge in [-0.15, -0.1) is 0 Å². The van der Waals surface area contributed by atoms with Crippen LogP contribution in [0.1, 0.15) is 11.3 Å². The lowest BCUT2D eigenvalue weighted by Crippen LogP contribution is -2.36. The van der Waals surface area contributed by atoms with Gasteiger partial charge >= 0.3 is 0 Å². The molecule has 1 aromatic heterocycles. The first kappa shape index (κ1) is 21.0. The molecule has 160 valence electrons. The molecule has 1 fully saturated rings. The van der Waals surface area contributed by atoms with E-state index >= 15 is 0 Å². The van der Waals surface area contributed by atoms with Crippen LogP contribution in [0.15, 0.2) is 59.0 Å². The summed E-state index contributed by atoms with van der Waals surface area (Å²) in [6.07, 6.45) is 3.06. The van der Waals surface area contributed by atoms with Crippen LogP contribution < -0.4 is 16.0 Å². The molecule has 0 atom stereocenters. The summed E-state index contributed by atoms with van der Waals surface area (Å²) in [4.78, 5) is 14.5. The molecule has 1 amide bonds. The third-order valence-electron chi connectivity index (χ3n) is 5.12. The number of amides is 1. The molecule has 0 bridgehead atoms. The lowest BCUT2D eigenvalue weighted by molar-refractivity contribution is -0.111. The number of nitrogens with two attached hydrogens (primary N) is 1. The lowest BCUT2D eigenvalue weighted by Gasteiger charge is -2.30. The zero-order valence-corrected chi connectivity index (χ0v) is 18.0. The van der Waals surface area contributed by atoms with Gasteiger partial charge in [0.05, 0.1) is 24.6 Å². The van der Waals surface area contributed by atoms with Crippen molar-refractivity contribution in [2.24, 2.45) is 0 Å². The van der Waals surface area contributed by atoms with Crippen LogP contribution in [0.3, 0.4) is 0 Å². The molecule has 0 aliphatic carbocycles. The van der Waals surface area contributed by atoms with E-state index in [-0.39, 0.29) is 5.91 Å². The first-order chi connectivity index (χ1) is 15.0. The lowest BCUT2D eigenvalue weighted by atomic mass is 10.1. The van der Waals surface area contributed by atoms with Crippen LogP contribution in [0.25, 0.3) is 17.4 Å². The quantitative estimate of drug-likeness (QED) is 0.434. The van der Waals surface area contributed by atoms with Crippen molar-refractivity contribution >= 4 is 40.6 Å². The van der Waals surface area contributed by atoms with Gasteiger partial charge in [-0.05, 0) is 67.1 Å². The predicted octanol–water partition coefficient (Wildman–Crippen LogP) is 4.98. The van der Waals surface area contributed by atoms with Crippen LogP contribution in [0.5, 0.6) is 0 Å². The molecule has 3 N–H and O–H groups in total. The highest BCUT2D eigenvalue weighted by atomic mass is 35.5. The molecule has 0 spiro atoms. The zero-order chi connectivity index (χ0) is 21.8. The Bertz CT molecular complexity index is 1120. The normalized spacial score (nSPS) is 14.2. The topological polar surface area (TPSA) is 80.7 Å². The van der Waals surface area contributed by atoms with Crippen molar-refractivity contribution < 1.29 is 13.9 Å². The van der Waals surface area contributed by atoms with Crippen LogP contribution in [0, 0.1) is 6.92 Å². The Morgan fingerprint density at radius 1 is 1.13 bits per heavy atom. The Balaban J connectivity index is 1.39. The number of aryl methyl sites for hydroxylation is 1. The number of nitrogens with one attached hydrogen (secondary N) is 1. The van der Waals surface area contributed by atoms with Gasteiger partial charge in [-0.3, -0.25) is 4.79 Å². The number of carbonyl (C=O) groups is 1. The minimum absolute atomic E-state index is 0.265. The molecule has 1 aliphatic heterocycles. The van der Waals surface area contributed by atoms with Crippen molar-refractivity contribution in [1.29, 1.82) is 0 Å². The summed E-state index contributed by atoms with van der Waals surface area (Å²) in [7, 11) is 0. The summed E-state index contributed by atoms with van der Waals surface area (Å²) in [5.74, 6) is 1.03. The smallest absolute Gasteiger partial charge is 0.248 e. The Hall–Kier alpha value is -3.22. The Labute approximate surface area is 186 Å². The molecule has 6 nitrogen and oxygen atoms in total. The fraction of sp³-hybridized carbons (Fsp3) is 0.208. The third-order valence-corrected chi connectivity index (χ3v) is 5.54. The van der Waals surface area contributed by atoms with Gasteiger partial charge in [-0.2, -0.15) is 0 Å². The molecule has 0 radical (unpaired) electrons. The number of benzene rings is 2. The van der Waals surface area contributed by atoms with E-state index in [1.807, 2.05) is 49.4 Å². The van der Waals surface area contributed by atoms with Gasteiger partial charge in [0.15, 0.2) is 0 Å². The molecule has 1 saturated heterocycles. The fourth-order valence-electron chi connectivity index (χ4n) is 3.46. The summed E-state index contributed by atoms with van der Waals surface area (Å²) in [6, 6.07) is 14.9. The van der Waals surface area contributed by atoms with E-state index < -0.39 is 0 Å². The van der Waals surface area contributed by atoms with E-state index in [0.717, 1.165) is 29.9 Å². The summed E-state index contributed by atoms with van der Waals surface area (Å²) in [5, 5.41) is 3.54. The van der Waals surface area contributed by atoms with Gasteiger partial charge in [0.25, 0.3) is 0 Å². The minimum Gasteiger partial charge on any atom is -0.457 e. The predicted molar refractivity (Wildman–Crippen MR) is 125 cm³/mol. The molecular formula is C24H24ClN3O3. The molecule has 4 rings (SSSR count). The number of anilines is 3. The van der Waals surface area contributed by atoms with Crippen LogP contribution >= 0.6 is 11.6 Å². The average molecular weight is 438 g/mol. The molecule has 31 heavy (non-hydrogen) atoms. The van der Waals surface area contributed by atoms with Crippen LogP contribution in [0.2, 0.25) is 5.02 Å². The van der Waals surface area contributed by atoms with Crippen LogP contribution in [-0.2, 0) is 9.53 Å². The second-order valence-electron chi connectivity index (χ2n) is 7.36. The maximum atomic E-state index is 12.3. The number of carbonyl (C=O) groups excluding carboxylic acids is 1. The SMILES string of the molecule is Cc1cc(-c2ccc(/C=C/C(=O)Nc3ccc(N4CCOCC4)c(N)c3)o2)ccc1Cl. The average Bonchev–Trinajstić information content (AvgIpc) is 3.24. The standard InChI is InChI=1S/C24H24ClN3O3/c1-16-14-17(2-6-20(16)25)23-8-4-19(31-23)5-9-24(29)27-18-3-7-22(21(26)15-18)28-10-12-30-13-11-28/h2-9,14-15H,10-13,26H2,1H3,(H,27,29)/b9-5+. The number of morpholine rings is 1. The van der Waals surface area contributed by atoms with Crippen molar-refractivity contribution in [1.82, 2.24) is 0 Å². The molecule has 0 unspecified atom stereocenters. The number of rotatable bonds is 5. The second kappa shape index (κ2) is 9.29. The van der Waals surface area contributed by atoms with Gasteiger partial charge in [-0.1, -0.05) is 11.6 Å². The number of nitrogen functional groups attached to an aromatic ring is 1. The molecule has 1 aliphatic rings. The molecule has 2 aromatic carbocycles. The van der Waals surface area contributed by atoms with E-state index in [2.05, 4.69) is 10.2 Å². The molecule has 7 heteroatoms. The Morgan fingerprint density at radius 3 is 2.68 bits per heavy atom. The maximum absolute atomic E-state index is 12.3. The van der Waals surface area contributed by atoms with Gasteiger partial charge in [0.1, 0.15) is 11.5 Å². The molecule has 0 saturated carbocycles. The fourth-order valence-corrected chi connectivity index (χ4v) is 3.58. The summed E-state index contributed by atoms with van der Waals surface area (Å²) in [5.41, 5.74) is 10.3. The van der Waals surface area contributed by atoms with Crippen molar-refractivity contribution in [3.05, 3.63) is 71.0 Å². The van der Waals surface area contributed by atoms with Crippen molar-refractivity contribution in [3.8, 4) is 11.3 Å². The van der Waals surface area contributed by atoms with Gasteiger partial charge < -0.3 is 25.1 Å². The first-order valence-corrected chi connectivity index (χ1v) is 10.4. The minimum atomic E-state index is -0.265. The zero-order valence-electron chi connectivity index (χ0n) is 17.2. The summed E-state index contributed by atoms with van der Waals surface area (Å²) >= 11 is 6.08. The van der Waals surface area contributed by atoms with E-state index in [0.29, 0.717) is 41.1 Å². The number of furan rings is 1. The van der Waals surface area contributed by atoms with Gasteiger partial charge in [0.2, 0.25) is 5.91 Å². The number of hydrogen-bond acceptors (Lipinski definition) is 5. The van der Waals surface area contributed by atoms with Crippen LogP contribution in [0.4, 0.5) is 17.1 Å². The number of ether oxygens (including phenoxy) is 1. The molecule has 2 heterocycles. The van der Waals surface area contributed by atoms with E-state index in [1.54, 1.807) is 12.1 Å². The molecule has 3 aromatic rings. The highest BCUT2D eigenvalue weighted by Gasteiger charge is 2.14. The summed E-state index contributed by atoms with van der Waals surface area (Å²) < 4.78 is 11.2. The van der Waals surface area contributed by atoms with Crippen molar-refractivity contribution in [2.75, 3.05) is 42.3 Å². The van der Waals surface area contributed by atoms with Gasteiger partial charge in [-0.25, -0.2) is 0 Å². The first-order valence-electron chi connectivity index (χ1n) is 10.1. The summed E-state index contributed by atoms with van der Waals surface area (Å²) in [6.45, 7) is 4.93. The van der Waals surface area contributed by atoms with E-state index in [1.165, 1.54) is 6.08 Å². The monoisotopic (exact) mass is 437 g/mol. The van der Waals surface area contributed by atoms with Gasteiger partial charge in [0, 0.05) is 35.4 Å². The second-order valence-corrected chi connectivity index (χ2v) is 7.77. The highest BCUT2D eigenvalue weighted by molar-refractivity contribution is 6.31. The number of nitrogens with zero attached hydrogens (tertiary/aromatic N) is 1. The van der Waals surface area contributed by atoms with Crippen molar-refractivity contribution in [3.63, 3.8) is 0 Å². The van der Waals surface area contributed by atoms with E-state index in [9.17, 15) is 4.79 Å². The number of hydrogen-bond donors (Lipinski definition) is 2. The molecular weight excluding hydrogens is 414 g/mol. The van der Waals surface area contributed by atoms with Crippen molar-refractivity contribution in [2.45, 2.75) is 6.92 Å². The van der Waals surface area contributed by atoms with Crippen LogP contribution in [-0.4, -0.2) is 32.2 Å². The highest BCUT2D eigenvalue weighted by Crippen LogP contribution is 2.28. The van der Waals surface area contributed by atoms with E-state index in [4.69, 9.17) is 26.5 Å². The largest absolute Gasteiger partial charge is 0.457 e. The maximum Gasteiger partial charge on any atom is 0.248 e. The Morgan fingerprint density at radius 2 is 1.94 bits per heavy atom. The Kier molecular flexibility index (Phi) is 6.30. The number of halogens is 1. The third kappa shape index (κ3) is 5.10.